The number of hydrogen-bond acceptors (Lipinski definition) is 4. The van der Waals surface area contributed by atoms with Crippen molar-refractivity contribution in [3.05, 3.63) is 58.3 Å². The Labute approximate surface area is 145 Å². The fourth-order valence-electron chi connectivity index (χ4n) is 1.73. The molecule has 0 aromatic heterocycles. The van der Waals surface area contributed by atoms with Crippen LogP contribution in [0.2, 0.25) is 0 Å². The van der Waals surface area contributed by atoms with Crippen molar-refractivity contribution in [3.63, 3.8) is 0 Å². The third-order valence-electron chi connectivity index (χ3n) is 2.83. The minimum absolute atomic E-state index is 0.00486. The maximum atomic E-state index is 12.8. The molecule has 0 saturated heterocycles. The molecule has 0 saturated carbocycles. The van der Waals surface area contributed by atoms with Gasteiger partial charge in [0.15, 0.2) is 0 Å². The maximum Gasteiger partial charge on any atom is 0.249 e. The van der Waals surface area contributed by atoms with Crippen molar-refractivity contribution in [1.82, 2.24) is 5.43 Å². The van der Waals surface area contributed by atoms with E-state index in [0.29, 0.717) is 11.3 Å². The van der Waals surface area contributed by atoms with Gasteiger partial charge in [-0.1, -0.05) is 15.9 Å². The average Bonchev–Trinajstić information content (AvgIpc) is 2.53. The summed E-state index contributed by atoms with van der Waals surface area (Å²) in [6.45, 7) is 0. The topological polar surface area (TPSA) is 90.8 Å². The Balaban J connectivity index is 1.84. The molecule has 2 amide bonds. The van der Waals surface area contributed by atoms with Crippen LogP contribution in [0.1, 0.15) is 12.0 Å². The molecule has 0 fully saturated rings. The Morgan fingerprint density at radius 2 is 1.88 bits per heavy atom. The van der Waals surface area contributed by atoms with Gasteiger partial charge in [0.2, 0.25) is 11.8 Å². The highest BCUT2D eigenvalue weighted by Crippen LogP contribution is 2.19. The molecule has 0 spiro atoms. The molecule has 0 radical (unpaired) electrons. The van der Waals surface area contributed by atoms with Crippen LogP contribution in [0, 0.1) is 5.82 Å². The van der Waals surface area contributed by atoms with Gasteiger partial charge < -0.3 is 10.4 Å². The first kappa shape index (κ1) is 17.6. The average molecular weight is 394 g/mol. The van der Waals surface area contributed by atoms with Crippen molar-refractivity contribution in [2.75, 3.05) is 5.32 Å². The van der Waals surface area contributed by atoms with Gasteiger partial charge in [0.1, 0.15) is 18.0 Å². The van der Waals surface area contributed by atoms with Crippen LogP contribution in [-0.2, 0) is 9.59 Å². The quantitative estimate of drug-likeness (QED) is 0.414. The molecule has 124 valence electrons. The molecular weight excluding hydrogens is 381 g/mol. The molecule has 2 aromatic carbocycles. The fourth-order valence-corrected chi connectivity index (χ4v) is 2.11. The molecule has 0 bridgehead atoms. The second kappa shape index (κ2) is 8.21. The number of hydrazone groups is 1. The fraction of sp³-hybridized carbons (Fsp3) is 0.0625. The minimum atomic E-state index is -0.625. The molecule has 24 heavy (non-hydrogen) atoms. The Morgan fingerprint density at radius 1 is 1.17 bits per heavy atom. The van der Waals surface area contributed by atoms with Gasteiger partial charge in [0.05, 0.1) is 6.21 Å². The van der Waals surface area contributed by atoms with E-state index >= 15 is 0 Å². The van der Waals surface area contributed by atoms with E-state index in [0.717, 1.165) is 4.47 Å². The maximum absolute atomic E-state index is 12.8. The zero-order chi connectivity index (χ0) is 17.5. The van der Waals surface area contributed by atoms with E-state index < -0.39 is 24.1 Å². The number of halogens is 2. The molecule has 0 unspecified atom stereocenters. The minimum Gasteiger partial charge on any atom is -0.507 e. The summed E-state index contributed by atoms with van der Waals surface area (Å²) >= 11 is 3.25. The summed E-state index contributed by atoms with van der Waals surface area (Å²) in [7, 11) is 0. The number of nitrogens with zero attached hydrogens (tertiary/aromatic N) is 1. The van der Waals surface area contributed by atoms with Gasteiger partial charge in [-0.3, -0.25) is 9.59 Å². The first-order chi connectivity index (χ1) is 11.4. The lowest BCUT2D eigenvalue weighted by Gasteiger charge is -2.04. The number of hydrogen-bond donors (Lipinski definition) is 3. The Bertz CT molecular complexity index is 779. The highest BCUT2D eigenvalue weighted by atomic mass is 79.9. The largest absolute Gasteiger partial charge is 0.507 e. The third kappa shape index (κ3) is 5.47. The zero-order valence-electron chi connectivity index (χ0n) is 12.3. The molecule has 3 N–H and O–H groups in total. The van der Waals surface area contributed by atoms with Crippen molar-refractivity contribution in [2.24, 2.45) is 5.10 Å². The van der Waals surface area contributed by atoms with Crippen LogP contribution in [0.3, 0.4) is 0 Å². The number of phenolic OH excluding ortho intramolecular Hbond substituents is 1. The predicted octanol–water partition coefficient (Wildman–Crippen LogP) is 2.77. The lowest BCUT2D eigenvalue weighted by Crippen LogP contribution is -2.24. The summed E-state index contributed by atoms with van der Waals surface area (Å²) in [6, 6.07) is 9.92. The van der Waals surface area contributed by atoms with Crippen LogP contribution < -0.4 is 10.7 Å². The summed E-state index contributed by atoms with van der Waals surface area (Å²) in [4.78, 5) is 23.3. The van der Waals surface area contributed by atoms with Crippen LogP contribution in [-0.4, -0.2) is 23.1 Å². The van der Waals surface area contributed by atoms with Crippen LogP contribution in [0.4, 0.5) is 10.1 Å². The summed E-state index contributed by atoms with van der Waals surface area (Å²) < 4.78 is 13.5. The smallest absolute Gasteiger partial charge is 0.249 e. The lowest BCUT2D eigenvalue weighted by atomic mass is 10.2. The summed E-state index contributed by atoms with van der Waals surface area (Å²) in [5.74, 6) is -1.60. The number of anilines is 1. The van der Waals surface area contributed by atoms with Crippen molar-refractivity contribution in [2.45, 2.75) is 6.42 Å². The van der Waals surface area contributed by atoms with Crippen LogP contribution >= 0.6 is 15.9 Å². The summed E-state index contributed by atoms with van der Waals surface area (Å²) in [5.41, 5.74) is 2.98. The normalized spacial score (nSPS) is 10.6. The van der Waals surface area contributed by atoms with Crippen molar-refractivity contribution < 1.29 is 19.1 Å². The van der Waals surface area contributed by atoms with Crippen LogP contribution in [0.5, 0.6) is 5.75 Å². The van der Waals surface area contributed by atoms with Gasteiger partial charge in [0, 0.05) is 15.7 Å². The Hall–Kier alpha value is -2.74. The van der Waals surface area contributed by atoms with Gasteiger partial charge >= 0.3 is 0 Å². The van der Waals surface area contributed by atoms with Gasteiger partial charge in [-0.25, -0.2) is 9.82 Å². The van der Waals surface area contributed by atoms with Crippen molar-refractivity contribution in [3.8, 4) is 5.75 Å². The number of nitrogens with one attached hydrogen (secondary N) is 2. The van der Waals surface area contributed by atoms with Crippen LogP contribution in [0.15, 0.2) is 52.0 Å². The molecule has 0 atom stereocenters. The SMILES string of the molecule is O=C(CC(=O)Nc1ccc(F)cc1)NN=Cc1cc(Br)ccc1O. The van der Waals surface area contributed by atoms with E-state index in [2.05, 4.69) is 31.8 Å². The molecule has 0 heterocycles. The second-order valence-corrected chi connectivity index (χ2v) is 5.64. The van der Waals surface area contributed by atoms with E-state index in [4.69, 9.17) is 0 Å². The van der Waals surface area contributed by atoms with E-state index in [1.807, 2.05) is 0 Å². The number of carbonyl (C=O) groups is 2. The molecule has 0 aliphatic rings. The van der Waals surface area contributed by atoms with E-state index in [-0.39, 0.29) is 5.75 Å². The molecule has 2 aromatic rings. The number of benzene rings is 2. The van der Waals surface area contributed by atoms with Gasteiger partial charge in [-0.2, -0.15) is 5.10 Å². The number of phenols is 1. The number of amides is 2. The number of rotatable bonds is 5. The third-order valence-corrected chi connectivity index (χ3v) is 3.32. The zero-order valence-corrected chi connectivity index (χ0v) is 13.9. The highest BCUT2D eigenvalue weighted by Gasteiger charge is 2.09. The highest BCUT2D eigenvalue weighted by molar-refractivity contribution is 9.10. The Kier molecular flexibility index (Phi) is 6.02. The van der Waals surface area contributed by atoms with E-state index in [1.54, 1.807) is 12.1 Å². The number of carbonyl (C=O) groups excluding carboxylic acids is 2. The molecule has 0 aliphatic heterocycles. The molecule has 8 heteroatoms. The first-order valence-electron chi connectivity index (χ1n) is 6.80. The van der Waals surface area contributed by atoms with E-state index in [9.17, 15) is 19.1 Å². The molecule has 0 aliphatic carbocycles. The Morgan fingerprint density at radius 3 is 2.58 bits per heavy atom. The van der Waals surface area contributed by atoms with Gasteiger partial charge in [-0.05, 0) is 42.5 Å². The monoisotopic (exact) mass is 393 g/mol. The standard InChI is InChI=1S/C16H13BrFN3O3/c17-11-1-6-14(22)10(7-11)9-19-21-16(24)8-15(23)20-13-4-2-12(18)3-5-13/h1-7,9,22H,8H2,(H,20,23)(H,21,24). The van der Waals surface area contributed by atoms with Crippen molar-refractivity contribution >= 4 is 39.6 Å². The lowest BCUT2D eigenvalue weighted by molar-refractivity contribution is -0.126. The van der Waals surface area contributed by atoms with Gasteiger partial charge in [-0.15, -0.1) is 0 Å². The first-order valence-corrected chi connectivity index (χ1v) is 7.59. The van der Waals surface area contributed by atoms with Gasteiger partial charge in [0.25, 0.3) is 0 Å². The summed E-state index contributed by atoms with van der Waals surface area (Å²) in [5, 5.41) is 15.8. The second-order valence-electron chi connectivity index (χ2n) is 4.73. The van der Waals surface area contributed by atoms with E-state index in [1.165, 1.54) is 36.5 Å². The predicted molar refractivity (Wildman–Crippen MR) is 91.2 cm³/mol. The van der Waals surface area contributed by atoms with Crippen LogP contribution in [0.25, 0.3) is 0 Å². The van der Waals surface area contributed by atoms with Crippen molar-refractivity contribution in [1.29, 1.82) is 0 Å². The molecule has 2 rings (SSSR count). The summed E-state index contributed by atoms with van der Waals surface area (Å²) in [6.07, 6.45) is 0.815. The molecule has 6 nitrogen and oxygen atoms in total. The molecular formula is C16H13BrFN3O3. The number of aromatic hydroxyl groups is 1.